The predicted molar refractivity (Wildman–Crippen MR) is 72.2 cm³/mol. The Morgan fingerprint density at radius 3 is 3.06 bits per heavy atom. The summed E-state index contributed by atoms with van der Waals surface area (Å²) in [6, 6.07) is 4.74. The molecule has 2 rings (SSSR count). The van der Waals surface area contributed by atoms with Gasteiger partial charge >= 0.3 is 0 Å². The molecule has 1 aliphatic heterocycles. The predicted octanol–water partition coefficient (Wildman–Crippen LogP) is 2.21. The molecule has 94 valence electrons. The first-order valence-corrected chi connectivity index (χ1v) is 6.64. The highest BCUT2D eigenvalue weighted by atomic mass is 15.2. The number of rotatable bonds is 3. The van der Waals surface area contributed by atoms with Crippen LogP contribution in [0, 0.1) is 5.92 Å². The Morgan fingerprint density at radius 2 is 2.29 bits per heavy atom. The monoisotopic (exact) mass is 233 g/mol. The number of pyridine rings is 1. The average molecular weight is 233 g/mol. The van der Waals surface area contributed by atoms with Crippen LogP contribution in [0.4, 0.5) is 5.82 Å². The van der Waals surface area contributed by atoms with Crippen molar-refractivity contribution < 1.29 is 0 Å². The van der Waals surface area contributed by atoms with Crippen LogP contribution in [-0.4, -0.2) is 24.1 Å². The fourth-order valence-corrected chi connectivity index (χ4v) is 2.67. The molecule has 1 fully saturated rings. The van der Waals surface area contributed by atoms with Crippen molar-refractivity contribution >= 4 is 5.82 Å². The standard InChI is InChI=1S/C14H23N3/c1-11-5-4-10-17(12(11)2)14-13(7-8-15)6-3-9-16-14/h3,6,9,11-12H,4-5,7-8,10,15H2,1-2H3. The molecule has 0 spiro atoms. The maximum absolute atomic E-state index is 5.67. The van der Waals surface area contributed by atoms with Crippen molar-refractivity contribution in [3.63, 3.8) is 0 Å². The maximum Gasteiger partial charge on any atom is 0.131 e. The largest absolute Gasteiger partial charge is 0.353 e. The van der Waals surface area contributed by atoms with Crippen molar-refractivity contribution in [1.29, 1.82) is 0 Å². The Bertz CT molecular complexity index is 364. The van der Waals surface area contributed by atoms with Crippen LogP contribution in [-0.2, 0) is 6.42 Å². The van der Waals surface area contributed by atoms with Crippen molar-refractivity contribution in [2.75, 3.05) is 18.0 Å². The molecule has 0 saturated carbocycles. The summed E-state index contributed by atoms with van der Waals surface area (Å²) in [5.41, 5.74) is 6.96. The maximum atomic E-state index is 5.67. The van der Waals surface area contributed by atoms with E-state index in [9.17, 15) is 0 Å². The zero-order valence-corrected chi connectivity index (χ0v) is 10.9. The molecule has 17 heavy (non-hydrogen) atoms. The zero-order chi connectivity index (χ0) is 12.3. The Kier molecular flexibility index (Phi) is 4.00. The summed E-state index contributed by atoms with van der Waals surface area (Å²) in [5, 5.41) is 0. The minimum Gasteiger partial charge on any atom is -0.353 e. The lowest BCUT2D eigenvalue weighted by Gasteiger charge is -2.39. The Morgan fingerprint density at radius 1 is 1.47 bits per heavy atom. The van der Waals surface area contributed by atoms with Crippen LogP contribution in [0.15, 0.2) is 18.3 Å². The Hall–Kier alpha value is -1.09. The first-order chi connectivity index (χ1) is 8.24. The van der Waals surface area contributed by atoms with E-state index in [1.165, 1.54) is 18.4 Å². The van der Waals surface area contributed by atoms with Crippen molar-refractivity contribution in [3.8, 4) is 0 Å². The first kappa shape index (κ1) is 12.4. The molecule has 0 bridgehead atoms. The lowest BCUT2D eigenvalue weighted by atomic mass is 9.91. The molecule has 2 heterocycles. The van der Waals surface area contributed by atoms with Gasteiger partial charge in [0.25, 0.3) is 0 Å². The number of nitrogens with two attached hydrogens (primary N) is 1. The molecule has 2 N–H and O–H groups in total. The first-order valence-electron chi connectivity index (χ1n) is 6.64. The normalized spacial score (nSPS) is 25.0. The number of hydrogen-bond acceptors (Lipinski definition) is 3. The lowest BCUT2D eigenvalue weighted by molar-refractivity contribution is 0.361. The minimum absolute atomic E-state index is 0.579. The summed E-state index contributed by atoms with van der Waals surface area (Å²) in [5.74, 6) is 1.90. The second-order valence-electron chi connectivity index (χ2n) is 5.08. The van der Waals surface area contributed by atoms with Crippen molar-refractivity contribution in [1.82, 2.24) is 4.98 Å². The van der Waals surface area contributed by atoms with Gasteiger partial charge in [-0.15, -0.1) is 0 Å². The third kappa shape index (κ3) is 2.60. The molecule has 3 heteroatoms. The molecule has 1 saturated heterocycles. The van der Waals surface area contributed by atoms with E-state index in [1.807, 2.05) is 12.3 Å². The van der Waals surface area contributed by atoms with Gasteiger partial charge in [-0.05, 0) is 50.3 Å². The van der Waals surface area contributed by atoms with Gasteiger partial charge < -0.3 is 10.6 Å². The zero-order valence-electron chi connectivity index (χ0n) is 10.9. The van der Waals surface area contributed by atoms with Gasteiger partial charge in [-0.3, -0.25) is 0 Å². The van der Waals surface area contributed by atoms with E-state index in [4.69, 9.17) is 5.73 Å². The van der Waals surface area contributed by atoms with Crippen LogP contribution in [0.3, 0.4) is 0 Å². The van der Waals surface area contributed by atoms with Gasteiger partial charge in [0.1, 0.15) is 5.82 Å². The molecule has 0 radical (unpaired) electrons. The van der Waals surface area contributed by atoms with E-state index >= 15 is 0 Å². The van der Waals surface area contributed by atoms with Crippen molar-refractivity contribution in [3.05, 3.63) is 23.9 Å². The van der Waals surface area contributed by atoms with Crippen LogP contribution in [0.5, 0.6) is 0 Å². The highest BCUT2D eigenvalue weighted by molar-refractivity contribution is 5.48. The van der Waals surface area contributed by atoms with Gasteiger partial charge in [0, 0.05) is 18.8 Å². The van der Waals surface area contributed by atoms with Crippen molar-refractivity contribution in [2.45, 2.75) is 39.2 Å². The number of anilines is 1. The van der Waals surface area contributed by atoms with E-state index in [0.717, 1.165) is 24.7 Å². The molecule has 2 unspecified atom stereocenters. The van der Waals surface area contributed by atoms with Crippen molar-refractivity contribution in [2.24, 2.45) is 11.7 Å². The topological polar surface area (TPSA) is 42.2 Å². The van der Waals surface area contributed by atoms with Crippen LogP contribution in [0.1, 0.15) is 32.3 Å². The summed E-state index contributed by atoms with van der Waals surface area (Å²) in [6.07, 6.45) is 5.41. The molecule has 2 atom stereocenters. The van der Waals surface area contributed by atoms with Gasteiger partial charge in [-0.2, -0.15) is 0 Å². The van der Waals surface area contributed by atoms with E-state index in [2.05, 4.69) is 29.8 Å². The Labute approximate surface area is 104 Å². The third-order valence-electron chi connectivity index (χ3n) is 3.93. The van der Waals surface area contributed by atoms with E-state index in [0.29, 0.717) is 12.6 Å². The summed E-state index contributed by atoms with van der Waals surface area (Å²) in [7, 11) is 0. The molecule has 0 aliphatic carbocycles. The van der Waals surface area contributed by atoms with Crippen LogP contribution >= 0.6 is 0 Å². The van der Waals surface area contributed by atoms with Gasteiger partial charge in [0.2, 0.25) is 0 Å². The number of nitrogens with zero attached hydrogens (tertiary/aromatic N) is 2. The van der Waals surface area contributed by atoms with Crippen LogP contribution < -0.4 is 10.6 Å². The second-order valence-corrected chi connectivity index (χ2v) is 5.08. The molecule has 0 amide bonds. The van der Waals surface area contributed by atoms with E-state index in [-0.39, 0.29) is 0 Å². The second kappa shape index (κ2) is 5.50. The van der Waals surface area contributed by atoms with Crippen LogP contribution in [0.25, 0.3) is 0 Å². The third-order valence-corrected chi connectivity index (χ3v) is 3.93. The van der Waals surface area contributed by atoms with Gasteiger partial charge in [-0.1, -0.05) is 13.0 Å². The molecule has 0 aromatic carbocycles. The van der Waals surface area contributed by atoms with E-state index in [1.54, 1.807) is 0 Å². The highest BCUT2D eigenvalue weighted by Gasteiger charge is 2.26. The lowest BCUT2D eigenvalue weighted by Crippen LogP contribution is -2.43. The number of hydrogen-bond donors (Lipinski definition) is 1. The molecular formula is C14H23N3. The molecule has 1 aromatic heterocycles. The average Bonchev–Trinajstić information content (AvgIpc) is 2.34. The molecule has 1 aromatic rings. The SMILES string of the molecule is CC1CCCN(c2ncccc2CCN)C1C. The van der Waals surface area contributed by atoms with Gasteiger partial charge in [0.15, 0.2) is 0 Å². The summed E-state index contributed by atoms with van der Waals surface area (Å²) < 4.78 is 0. The number of aromatic nitrogens is 1. The Balaban J connectivity index is 2.25. The fraction of sp³-hybridized carbons (Fsp3) is 0.643. The highest BCUT2D eigenvalue weighted by Crippen LogP contribution is 2.29. The minimum atomic E-state index is 0.579. The smallest absolute Gasteiger partial charge is 0.131 e. The summed E-state index contributed by atoms with van der Waals surface area (Å²) in [4.78, 5) is 7.03. The van der Waals surface area contributed by atoms with Gasteiger partial charge in [-0.25, -0.2) is 4.98 Å². The fourth-order valence-electron chi connectivity index (χ4n) is 2.67. The summed E-state index contributed by atoms with van der Waals surface area (Å²) in [6.45, 7) is 6.46. The molecular weight excluding hydrogens is 210 g/mol. The van der Waals surface area contributed by atoms with Gasteiger partial charge in [0.05, 0.1) is 0 Å². The quantitative estimate of drug-likeness (QED) is 0.870. The summed E-state index contributed by atoms with van der Waals surface area (Å²) >= 11 is 0. The molecule has 1 aliphatic rings. The van der Waals surface area contributed by atoms with E-state index < -0.39 is 0 Å². The number of piperidine rings is 1. The molecule has 3 nitrogen and oxygen atoms in total. The van der Waals surface area contributed by atoms with Crippen LogP contribution in [0.2, 0.25) is 0 Å².